The molecule has 2 aromatic heterocycles. The summed E-state index contributed by atoms with van der Waals surface area (Å²) >= 11 is 1.51. The first kappa shape index (κ1) is 18.0. The van der Waals surface area contributed by atoms with Gasteiger partial charge in [-0.05, 0) is 36.8 Å². The molecule has 1 atom stereocenters. The summed E-state index contributed by atoms with van der Waals surface area (Å²) in [5, 5.41) is 12.9. The van der Waals surface area contributed by atoms with E-state index in [1.807, 2.05) is 24.4 Å². The van der Waals surface area contributed by atoms with E-state index in [4.69, 9.17) is 9.73 Å². The van der Waals surface area contributed by atoms with Crippen LogP contribution in [0.2, 0.25) is 0 Å². The fourth-order valence-electron chi connectivity index (χ4n) is 2.64. The Morgan fingerprint density at radius 3 is 2.73 bits per heavy atom. The van der Waals surface area contributed by atoms with Crippen molar-refractivity contribution < 1.29 is 9.66 Å². The van der Waals surface area contributed by atoms with Gasteiger partial charge in [0.1, 0.15) is 0 Å². The molecular weight excluding hydrogens is 352 g/mol. The van der Waals surface area contributed by atoms with Gasteiger partial charge in [-0.15, -0.1) is 11.3 Å². The molecule has 0 saturated carbocycles. The van der Waals surface area contributed by atoms with Crippen LogP contribution < -0.4 is 4.80 Å². The fourth-order valence-corrected chi connectivity index (χ4v) is 3.66. The van der Waals surface area contributed by atoms with Crippen LogP contribution in [-0.4, -0.2) is 28.2 Å². The molecule has 3 rings (SSSR count). The topological polar surface area (TPSA) is 82.5 Å². The summed E-state index contributed by atoms with van der Waals surface area (Å²) in [6.07, 6.45) is 3.41. The van der Waals surface area contributed by atoms with Crippen molar-refractivity contribution >= 4 is 22.7 Å². The standard InChI is InChI=1S/C18H18N4O3S/c1-13(11-25-2)21-17(14-5-7-16(8-6-14)22(23)24)12-26-18(21)20-15-4-3-9-19-10-15/h3-10,12-13H,11H2,1-2H3. The molecule has 0 saturated heterocycles. The minimum atomic E-state index is -0.401. The number of nitrogens with zero attached hydrogens (tertiary/aromatic N) is 4. The second kappa shape index (κ2) is 8.03. The number of rotatable bonds is 6. The molecule has 0 spiro atoms. The highest BCUT2D eigenvalue weighted by Crippen LogP contribution is 2.26. The Hall–Kier alpha value is -2.84. The lowest BCUT2D eigenvalue weighted by atomic mass is 10.1. The first-order valence-electron chi connectivity index (χ1n) is 7.98. The zero-order valence-corrected chi connectivity index (χ0v) is 15.2. The minimum absolute atomic E-state index is 0.0480. The lowest BCUT2D eigenvalue weighted by molar-refractivity contribution is -0.384. The van der Waals surface area contributed by atoms with Crippen LogP contribution in [0.4, 0.5) is 11.4 Å². The Morgan fingerprint density at radius 2 is 2.12 bits per heavy atom. The van der Waals surface area contributed by atoms with E-state index in [-0.39, 0.29) is 11.7 Å². The summed E-state index contributed by atoms with van der Waals surface area (Å²) in [5.74, 6) is 0. The third kappa shape index (κ3) is 3.87. The molecule has 134 valence electrons. The molecule has 0 aliphatic rings. The Bertz CT molecular complexity index is 949. The van der Waals surface area contributed by atoms with Crippen LogP contribution in [0, 0.1) is 10.1 Å². The van der Waals surface area contributed by atoms with Gasteiger partial charge in [-0.25, -0.2) is 4.99 Å². The molecule has 1 aromatic carbocycles. The second-order valence-corrected chi connectivity index (χ2v) is 6.54. The highest BCUT2D eigenvalue weighted by atomic mass is 32.1. The number of benzene rings is 1. The highest BCUT2D eigenvalue weighted by molar-refractivity contribution is 7.07. The zero-order valence-electron chi connectivity index (χ0n) is 14.4. The van der Waals surface area contributed by atoms with Gasteiger partial charge >= 0.3 is 0 Å². The number of nitro benzene ring substituents is 1. The summed E-state index contributed by atoms with van der Waals surface area (Å²) < 4.78 is 7.40. The first-order chi connectivity index (χ1) is 12.6. The van der Waals surface area contributed by atoms with Gasteiger partial charge in [0.15, 0.2) is 4.80 Å². The molecule has 2 heterocycles. The molecule has 0 aliphatic carbocycles. The van der Waals surface area contributed by atoms with E-state index >= 15 is 0 Å². The van der Waals surface area contributed by atoms with Gasteiger partial charge in [0.05, 0.1) is 35.2 Å². The molecule has 0 N–H and O–H groups in total. The van der Waals surface area contributed by atoms with Crippen LogP contribution in [0.25, 0.3) is 11.3 Å². The molecule has 7 nitrogen and oxygen atoms in total. The monoisotopic (exact) mass is 370 g/mol. The van der Waals surface area contributed by atoms with Gasteiger partial charge in [-0.3, -0.25) is 15.1 Å². The molecular formula is C18H18N4O3S. The molecule has 26 heavy (non-hydrogen) atoms. The normalized spacial score (nSPS) is 12.9. The minimum Gasteiger partial charge on any atom is -0.383 e. The molecule has 0 aliphatic heterocycles. The summed E-state index contributed by atoms with van der Waals surface area (Å²) in [7, 11) is 1.66. The Kier molecular flexibility index (Phi) is 5.55. The molecule has 1 unspecified atom stereocenters. The maximum atomic E-state index is 10.9. The van der Waals surface area contributed by atoms with Crippen molar-refractivity contribution in [2.75, 3.05) is 13.7 Å². The van der Waals surface area contributed by atoms with Gasteiger partial charge in [0.2, 0.25) is 0 Å². The van der Waals surface area contributed by atoms with E-state index in [9.17, 15) is 10.1 Å². The van der Waals surface area contributed by atoms with Crippen LogP contribution >= 0.6 is 11.3 Å². The maximum Gasteiger partial charge on any atom is 0.269 e. The quantitative estimate of drug-likeness (QED) is 0.486. The largest absolute Gasteiger partial charge is 0.383 e. The molecule has 0 amide bonds. The van der Waals surface area contributed by atoms with Crippen molar-refractivity contribution in [1.82, 2.24) is 9.55 Å². The summed E-state index contributed by atoms with van der Waals surface area (Å²) in [6, 6.07) is 10.3. The molecule has 0 fully saturated rings. The smallest absolute Gasteiger partial charge is 0.269 e. The number of pyridine rings is 1. The number of non-ortho nitro benzene ring substituents is 1. The predicted molar refractivity (Wildman–Crippen MR) is 100 cm³/mol. The van der Waals surface area contributed by atoms with E-state index in [0.717, 1.165) is 21.7 Å². The van der Waals surface area contributed by atoms with Crippen LogP contribution in [0.3, 0.4) is 0 Å². The van der Waals surface area contributed by atoms with Gasteiger partial charge in [-0.1, -0.05) is 0 Å². The number of hydrogen-bond donors (Lipinski definition) is 0. The van der Waals surface area contributed by atoms with Crippen molar-refractivity contribution in [2.24, 2.45) is 4.99 Å². The average molecular weight is 370 g/mol. The van der Waals surface area contributed by atoms with Crippen molar-refractivity contribution in [2.45, 2.75) is 13.0 Å². The predicted octanol–water partition coefficient (Wildman–Crippen LogP) is 3.96. The number of ether oxygens (including phenoxy) is 1. The van der Waals surface area contributed by atoms with Crippen molar-refractivity contribution in [1.29, 1.82) is 0 Å². The first-order valence-corrected chi connectivity index (χ1v) is 8.86. The Balaban J connectivity index is 2.11. The summed E-state index contributed by atoms with van der Waals surface area (Å²) in [6.45, 7) is 2.57. The zero-order chi connectivity index (χ0) is 18.5. The lowest BCUT2D eigenvalue weighted by Crippen LogP contribution is -2.23. The van der Waals surface area contributed by atoms with Crippen molar-refractivity contribution in [3.05, 3.63) is 69.1 Å². The highest BCUT2D eigenvalue weighted by Gasteiger charge is 2.15. The number of hydrogen-bond acceptors (Lipinski definition) is 6. The van der Waals surface area contributed by atoms with Crippen molar-refractivity contribution in [3.63, 3.8) is 0 Å². The van der Waals surface area contributed by atoms with E-state index in [0.29, 0.717) is 6.61 Å². The second-order valence-electron chi connectivity index (χ2n) is 5.70. The van der Waals surface area contributed by atoms with Crippen LogP contribution in [0.5, 0.6) is 0 Å². The van der Waals surface area contributed by atoms with Crippen LogP contribution in [0.15, 0.2) is 59.2 Å². The van der Waals surface area contributed by atoms with Gasteiger partial charge < -0.3 is 9.30 Å². The van der Waals surface area contributed by atoms with E-state index in [1.165, 1.54) is 23.5 Å². The lowest BCUT2D eigenvalue weighted by Gasteiger charge is -2.16. The maximum absolute atomic E-state index is 10.9. The Morgan fingerprint density at radius 1 is 1.35 bits per heavy atom. The molecule has 0 radical (unpaired) electrons. The van der Waals surface area contributed by atoms with E-state index in [1.54, 1.807) is 31.6 Å². The Labute approximate surface area is 154 Å². The van der Waals surface area contributed by atoms with E-state index < -0.39 is 4.92 Å². The number of methoxy groups -OCH3 is 1. The third-order valence-corrected chi connectivity index (χ3v) is 4.67. The van der Waals surface area contributed by atoms with Gasteiger partial charge in [0.25, 0.3) is 5.69 Å². The average Bonchev–Trinajstić information content (AvgIpc) is 3.06. The van der Waals surface area contributed by atoms with Crippen LogP contribution in [0.1, 0.15) is 13.0 Å². The van der Waals surface area contributed by atoms with Crippen molar-refractivity contribution in [3.8, 4) is 11.3 Å². The number of aromatic nitrogens is 2. The third-order valence-electron chi connectivity index (χ3n) is 3.83. The summed E-state index contributed by atoms with van der Waals surface area (Å²) in [4.78, 5) is 20.1. The number of nitro groups is 1. The molecule has 3 aromatic rings. The van der Waals surface area contributed by atoms with Crippen LogP contribution in [-0.2, 0) is 4.74 Å². The molecule has 8 heteroatoms. The number of thiazole rings is 1. The summed E-state index contributed by atoms with van der Waals surface area (Å²) in [5.41, 5.74) is 2.67. The van der Waals surface area contributed by atoms with Gasteiger partial charge in [-0.2, -0.15) is 0 Å². The molecule has 0 bridgehead atoms. The van der Waals surface area contributed by atoms with Gasteiger partial charge in [0, 0.05) is 30.8 Å². The SMILES string of the molecule is COCC(C)n1c(-c2ccc([N+](=O)[O-])cc2)csc1=Nc1cccnc1. The van der Waals surface area contributed by atoms with E-state index in [2.05, 4.69) is 9.55 Å². The fraction of sp³-hybridized carbons (Fsp3) is 0.222.